The van der Waals surface area contributed by atoms with Crippen LogP contribution in [0.2, 0.25) is 0 Å². The number of hydrogen-bond donors (Lipinski definition) is 1. The van der Waals surface area contributed by atoms with Crippen molar-refractivity contribution >= 4 is 6.09 Å². The van der Waals surface area contributed by atoms with Crippen LogP contribution < -0.4 is 0 Å². The first-order chi connectivity index (χ1) is 4.95. The molecule has 64 valence electrons. The first-order valence-corrected chi connectivity index (χ1v) is 3.60. The van der Waals surface area contributed by atoms with E-state index >= 15 is 0 Å². The fourth-order valence-corrected chi connectivity index (χ4v) is 0.754. The van der Waals surface area contributed by atoms with Crippen molar-refractivity contribution in [2.24, 2.45) is 0 Å². The predicted molar refractivity (Wildman–Crippen MR) is 44.4 cm³/mol. The predicted octanol–water partition coefficient (Wildman–Crippen LogP) is 2.30. The van der Waals surface area contributed by atoms with Gasteiger partial charge in [0.1, 0.15) is 0 Å². The summed E-state index contributed by atoms with van der Waals surface area (Å²) in [5.41, 5.74) is -0.354. The van der Waals surface area contributed by atoms with Crippen LogP contribution in [0.4, 0.5) is 4.79 Å². The quantitative estimate of drug-likeness (QED) is 0.682. The maximum atomic E-state index is 10.6. The van der Waals surface area contributed by atoms with E-state index in [1.165, 1.54) is 11.1 Å². The third-order valence-corrected chi connectivity index (χ3v) is 1.91. The highest BCUT2D eigenvalue weighted by Gasteiger charge is 2.26. The zero-order chi connectivity index (χ0) is 9.07. The lowest BCUT2D eigenvalue weighted by Crippen LogP contribution is -2.42. The van der Waals surface area contributed by atoms with Gasteiger partial charge in [-0.3, -0.25) is 4.90 Å². The minimum absolute atomic E-state index is 0.354. The molecule has 0 aliphatic carbocycles. The van der Waals surface area contributed by atoms with Gasteiger partial charge in [-0.15, -0.1) is 0 Å². The average Bonchev–Trinajstić information content (AvgIpc) is 1.88. The molecule has 0 aromatic rings. The molecule has 3 nitrogen and oxygen atoms in total. The van der Waals surface area contributed by atoms with Crippen molar-refractivity contribution in [3.63, 3.8) is 0 Å². The maximum Gasteiger partial charge on any atom is 0.411 e. The molecule has 0 aromatic heterocycles. The van der Waals surface area contributed by atoms with Gasteiger partial charge in [-0.2, -0.15) is 0 Å². The minimum Gasteiger partial charge on any atom is -0.465 e. The molecule has 0 aromatic carbocycles. The third-order valence-electron chi connectivity index (χ3n) is 1.91. The molecule has 0 atom stereocenters. The van der Waals surface area contributed by atoms with Gasteiger partial charge in [0.2, 0.25) is 0 Å². The lowest BCUT2D eigenvalue weighted by molar-refractivity contribution is 0.121. The number of nitrogens with zero attached hydrogens (tertiary/aromatic N) is 1. The van der Waals surface area contributed by atoms with Crippen molar-refractivity contribution in [3.05, 3.63) is 12.8 Å². The first-order valence-electron chi connectivity index (χ1n) is 3.60. The molecular weight excluding hydrogens is 142 g/mol. The van der Waals surface area contributed by atoms with E-state index in [4.69, 9.17) is 5.11 Å². The summed E-state index contributed by atoms with van der Waals surface area (Å²) in [5.74, 6) is 0. The Bertz CT molecular complexity index is 163. The molecular formula is C8H15NO2. The van der Waals surface area contributed by atoms with Crippen LogP contribution in [0.15, 0.2) is 12.8 Å². The monoisotopic (exact) mass is 157 g/mol. The number of carbonyl (C=O) groups is 1. The highest BCUT2D eigenvalue weighted by atomic mass is 16.4. The van der Waals surface area contributed by atoms with E-state index in [0.717, 1.165) is 6.42 Å². The molecule has 0 fully saturated rings. The smallest absolute Gasteiger partial charge is 0.411 e. The van der Waals surface area contributed by atoms with Gasteiger partial charge in [-0.1, -0.05) is 13.5 Å². The van der Waals surface area contributed by atoms with Crippen LogP contribution in [0.25, 0.3) is 0 Å². The van der Waals surface area contributed by atoms with E-state index in [1.807, 2.05) is 20.8 Å². The van der Waals surface area contributed by atoms with Gasteiger partial charge in [-0.25, -0.2) is 4.79 Å². The summed E-state index contributed by atoms with van der Waals surface area (Å²) in [6.45, 7) is 9.11. The van der Waals surface area contributed by atoms with Crippen LogP contribution in [0.3, 0.4) is 0 Å². The van der Waals surface area contributed by atoms with Crippen LogP contribution in [0.1, 0.15) is 27.2 Å². The summed E-state index contributed by atoms with van der Waals surface area (Å²) >= 11 is 0. The summed E-state index contributed by atoms with van der Waals surface area (Å²) in [7, 11) is 0. The van der Waals surface area contributed by atoms with Crippen molar-refractivity contribution < 1.29 is 9.90 Å². The Morgan fingerprint density at radius 1 is 1.73 bits per heavy atom. The minimum atomic E-state index is -0.952. The molecule has 0 rings (SSSR count). The molecule has 0 aliphatic rings. The van der Waals surface area contributed by atoms with Crippen LogP contribution in [0.5, 0.6) is 0 Å². The van der Waals surface area contributed by atoms with Crippen molar-refractivity contribution in [2.45, 2.75) is 32.7 Å². The molecule has 0 bridgehead atoms. The second-order valence-electron chi connectivity index (χ2n) is 3.00. The Balaban J connectivity index is 4.48. The first kappa shape index (κ1) is 10.0. The molecule has 11 heavy (non-hydrogen) atoms. The van der Waals surface area contributed by atoms with Crippen molar-refractivity contribution in [1.82, 2.24) is 4.90 Å². The SMILES string of the molecule is C=CN(C(=O)O)C(C)(C)CC. The summed E-state index contributed by atoms with van der Waals surface area (Å²) in [6, 6.07) is 0. The highest BCUT2D eigenvalue weighted by molar-refractivity contribution is 5.67. The second-order valence-corrected chi connectivity index (χ2v) is 3.00. The summed E-state index contributed by atoms with van der Waals surface area (Å²) in [5, 5.41) is 8.69. The molecule has 3 heteroatoms. The van der Waals surface area contributed by atoms with Crippen LogP contribution in [0, 0.1) is 0 Å². The molecule has 0 heterocycles. The number of carboxylic acid groups (broad SMARTS) is 1. The van der Waals surface area contributed by atoms with Gasteiger partial charge in [0.15, 0.2) is 0 Å². The Labute approximate surface area is 67.3 Å². The van der Waals surface area contributed by atoms with Crippen molar-refractivity contribution in [2.75, 3.05) is 0 Å². The van der Waals surface area contributed by atoms with E-state index in [1.54, 1.807) is 0 Å². The maximum absolute atomic E-state index is 10.6. The molecule has 1 amide bonds. The van der Waals surface area contributed by atoms with Crippen molar-refractivity contribution in [3.8, 4) is 0 Å². The fourth-order valence-electron chi connectivity index (χ4n) is 0.754. The van der Waals surface area contributed by atoms with E-state index in [9.17, 15) is 4.79 Å². The van der Waals surface area contributed by atoms with Gasteiger partial charge in [0.25, 0.3) is 0 Å². The highest BCUT2D eigenvalue weighted by Crippen LogP contribution is 2.18. The summed E-state index contributed by atoms with van der Waals surface area (Å²) in [6.07, 6.45) is 1.16. The van der Waals surface area contributed by atoms with Crippen LogP contribution in [-0.2, 0) is 0 Å². The van der Waals surface area contributed by atoms with Gasteiger partial charge >= 0.3 is 6.09 Å². The van der Waals surface area contributed by atoms with Crippen LogP contribution >= 0.6 is 0 Å². The second kappa shape index (κ2) is 3.42. The van der Waals surface area contributed by atoms with Crippen molar-refractivity contribution in [1.29, 1.82) is 0 Å². The largest absolute Gasteiger partial charge is 0.465 e. The Morgan fingerprint density at radius 3 is 2.27 bits per heavy atom. The standard InChI is InChI=1S/C8H15NO2/c1-5-8(3,4)9(6-2)7(10)11/h6H,2,5H2,1,3-4H3,(H,10,11). The lowest BCUT2D eigenvalue weighted by Gasteiger charge is -2.32. The molecule has 0 saturated heterocycles. The molecule has 0 aliphatic heterocycles. The molecule has 1 N–H and O–H groups in total. The number of rotatable bonds is 3. The Kier molecular flexibility index (Phi) is 3.11. The summed E-state index contributed by atoms with van der Waals surface area (Å²) < 4.78 is 0. The molecule has 0 unspecified atom stereocenters. The summed E-state index contributed by atoms with van der Waals surface area (Å²) in [4.78, 5) is 11.8. The van der Waals surface area contributed by atoms with E-state index in [0.29, 0.717) is 0 Å². The van der Waals surface area contributed by atoms with Gasteiger partial charge in [0.05, 0.1) is 0 Å². The number of amides is 1. The Hall–Kier alpha value is -0.990. The van der Waals surface area contributed by atoms with Gasteiger partial charge in [-0.05, 0) is 20.3 Å². The average molecular weight is 157 g/mol. The zero-order valence-corrected chi connectivity index (χ0v) is 7.29. The van der Waals surface area contributed by atoms with Gasteiger partial charge in [0, 0.05) is 11.7 Å². The topological polar surface area (TPSA) is 40.5 Å². The normalized spacial score (nSPS) is 10.8. The van der Waals surface area contributed by atoms with E-state index < -0.39 is 6.09 Å². The molecule has 0 saturated carbocycles. The molecule has 0 spiro atoms. The zero-order valence-electron chi connectivity index (χ0n) is 7.29. The fraction of sp³-hybridized carbons (Fsp3) is 0.625. The Morgan fingerprint density at radius 2 is 2.18 bits per heavy atom. The molecule has 0 radical (unpaired) electrons. The van der Waals surface area contributed by atoms with E-state index in [2.05, 4.69) is 6.58 Å². The lowest BCUT2D eigenvalue weighted by atomic mass is 10.0. The van der Waals surface area contributed by atoms with Crippen LogP contribution in [-0.4, -0.2) is 21.6 Å². The van der Waals surface area contributed by atoms with Gasteiger partial charge < -0.3 is 5.11 Å². The third kappa shape index (κ3) is 2.26. The van der Waals surface area contributed by atoms with E-state index in [-0.39, 0.29) is 5.54 Å². The number of hydrogen-bond acceptors (Lipinski definition) is 1.